The van der Waals surface area contributed by atoms with Gasteiger partial charge in [0.15, 0.2) is 0 Å². The van der Waals surface area contributed by atoms with Gasteiger partial charge in [-0.05, 0) is 24.1 Å². The van der Waals surface area contributed by atoms with E-state index < -0.39 is 0 Å². The molecule has 0 radical (unpaired) electrons. The Kier molecular flexibility index (Phi) is 4.31. The predicted molar refractivity (Wildman–Crippen MR) is 71.7 cm³/mol. The van der Waals surface area contributed by atoms with Crippen molar-refractivity contribution in [3.8, 4) is 0 Å². The Morgan fingerprint density at radius 3 is 2.84 bits per heavy atom. The zero-order valence-corrected chi connectivity index (χ0v) is 12.0. The largest absolute Gasteiger partial charge is 0.294 e. The SMILES string of the molecule is CCC1C(=O)NC(=O)CN1Cc1ccc(F)cc1Br. The van der Waals surface area contributed by atoms with Crippen molar-refractivity contribution < 1.29 is 14.0 Å². The second kappa shape index (κ2) is 5.79. The average molecular weight is 329 g/mol. The van der Waals surface area contributed by atoms with E-state index in [1.807, 2.05) is 6.92 Å². The maximum absolute atomic E-state index is 13.0. The van der Waals surface area contributed by atoms with Crippen LogP contribution in [0.15, 0.2) is 22.7 Å². The van der Waals surface area contributed by atoms with Crippen LogP contribution in [0.5, 0.6) is 0 Å². The highest BCUT2D eigenvalue weighted by Gasteiger charge is 2.32. The Morgan fingerprint density at radius 1 is 1.47 bits per heavy atom. The molecule has 6 heteroatoms. The molecule has 0 saturated carbocycles. The monoisotopic (exact) mass is 328 g/mol. The minimum atomic E-state index is -0.324. The van der Waals surface area contributed by atoms with Crippen LogP contribution in [-0.4, -0.2) is 29.3 Å². The summed E-state index contributed by atoms with van der Waals surface area (Å²) < 4.78 is 13.7. The van der Waals surface area contributed by atoms with Crippen molar-refractivity contribution in [1.82, 2.24) is 10.2 Å². The van der Waals surface area contributed by atoms with Crippen molar-refractivity contribution in [3.63, 3.8) is 0 Å². The number of halogens is 2. The highest BCUT2D eigenvalue weighted by Crippen LogP contribution is 2.22. The maximum atomic E-state index is 13.0. The minimum Gasteiger partial charge on any atom is -0.294 e. The molecule has 2 amide bonds. The Balaban J connectivity index is 2.20. The summed E-state index contributed by atoms with van der Waals surface area (Å²) in [6.07, 6.45) is 0.623. The molecule has 1 saturated heterocycles. The van der Waals surface area contributed by atoms with Crippen LogP contribution in [-0.2, 0) is 16.1 Å². The standard InChI is InChI=1S/C13H14BrFN2O2/c1-2-11-13(19)16-12(18)7-17(11)6-8-3-4-9(15)5-10(8)14/h3-5,11H,2,6-7H2,1H3,(H,16,18,19). The summed E-state index contributed by atoms with van der Waals surface area (Å²) in [5, 5.41) is 2.33. The van der Waals surface area contributed by atoms with Crippen LogP contribution in [0.4, 0.5) is 4.39 Å². The quantitative estimate of drug-likeness (QED) is 0.861. The number of imide groups is 1. The lowest BCUT2D eigenvalue weighted by Gasteiger charge is -2.33. The summed E-state index contributed by atoms with van der Waals surface area (Å²) in [6, 6.07) is 4.08. The number of benzene rings is 1. The first-order valence-corrected chi connectivity index (χ1v) is 6.82. The Bertz CT molecular complexity index is 521. The highest BCUT2D eigenvalue weighted by atomic mass is 79.9. The lowest BCUT2D eigenvalue weighted by atomic mass is 10.1. The number of hydrogen-bond donors (Lipinski definition) is 1. The second-order valence-corrected chi connectivity index (χ2v) is 5.33. The van der Waals surface area contributed by atoms with E-state index in [0.717, 1.165) is 5.56 Å². The summed E-state index contributed by atoms with van der Waals surface area (Å²) in [5.41, 5.74) is 0.849. The van der Waals surface area contributed by atoms with Gasteiger partial charge in [-0.2, -0.15) is 0 Å². The molecule has 1 heterocycles. The predicted octanol–water partition coefficient (Wildman–Crippen LogP) is 1.83. The molecule has 1 aliphatic heterocycles. The van der Waals surface area contributed by atoms with Gasteiger partial charge in [-0.25, -0.2) is 4.39 Å². The minimum absolute atomic E-state index is 0.175. The van der Waals surface area contributed by atoms with E-state index >= 15 is 0 Å². The van der Waals surface area contributed by atoms with E-state index in [2.05, 4.69) is 21.2 Å². The molecule has 1 atom stereocenters. The van der Waals surface area contributed by atoms with Gasteiger partial charge < -0.3 is 0 Å². The van der Waals surface area contributed by atoms with Crippen LogP contribution in [0, 0.1) is 5.82 Å². The topological polar surface area (TPSA) is 49.4 Å². The lowest BCUT2D eigenvalue weighted by molar-refractivity contribution is -0.140. The molecule has 0 aliphatic carbocycles. The van der Waals surface area contributed by atoms with Gasteiger partial charge in [0.05, 0.1) is 12.6 Å². The van der Waals surface area contributed by atoms with Crippen molar-refractivity contribution in [1.29, 1.82) is 0 Å². The molecule has 102 valence electrons. The zero-order valence-electron chi connectivity index (χ0n) is 10.5. The van der Waals surface area contributed by atoms with Gasteiger partial charge in [-0.15, -0.1) is 0 Å². The number of hydrogen-bond acceptors (Lipinski definition) is 3. The molecule has 0 spiro atoms. The fourth-order valence-corrected chi connectivity index (χ4v) is 2.68. The Labute approximate surface area is 119 Å². The first-order valence-electron chi connectivity index (χ1n) is 6.03. The van der Waals surface area contributed by atoms with Gasteiger partial charge in [0, 0.05) is 11.0 Å². The molecular weight excluding hydrogens is 315 g/mol. The Morgan fingerprint density at radius 2 is 2.21 bits per heavy atom. The van der Waals surface area contributed by atoms with Gasteiger partial charge in [0.1, 0.15) is 5.82 Å². The zero-order chi connectivity index (χ0) is 14.0. The van der Waals surface area contributed by atoms with Crippen molar-refractivity contribution >= 4 is 27.7 Å². The normalized spacial score (nSPS) is 20.5. The van der Waals surface area contributed by atoms with Crippen LogP contribution >= 0.6 is 15.9 Å². The third-order valence-corrected chi connectivity index (χ3v) is 3.87. The molecule has 2 rings (SSSR count). The number of rotatable bonds is 3. The number of amides is 2. The molecule has 19 heavy (non-hydrogen) atoms. The van der Waals surface area contributed by atoms with Gasteiger partial charge in [-0.3, -0.25) is 19.8 Å². The number of carbonyl (C=O) groups excluding carboxylic acids is 2. The first kappa shape index (κ1) is 14.1. The molecule has 1 aromatic carbocycles. The fourth-order valence-electron chi connectivity index (χ4n) is 2.20. The van der Waals surface area contributed by atoms with Gasteiger partial charge in [-0.1, -0.05) is 28.9 Å². The second-order valence-electron chi connectivity index (χ2n) is 4.48. The van der Waals surface area contributed by atoms with E-state index in [4.69, 9.17) is 0 Å². The smallest absolute Gasteiger partial charge is 0.243 e. The fraction of sp³-hybridized carbons (Fsp3) is 0.385. The van der Waals surface area contributed by atoms with Crippen molar-refractivity contribution in [2.24, 2.45) is 0 Å². The lowest BCUT2D eigenvalue weighted by Crippen LogP contribution is -2.57. The number of nitrogens with one attached hydrogen (secondary N) is 1. The van der Waals surface area contributed by atoms with Crippen molar-refractivity contribution in [2.45, 2.75) is 25.9 Å². The van der Waals surface area contributed by atoms with E-state index in [1.54, 1.807) is 11.0 Å². The van der Waals surface area contributed by atoms with Gasteiger partial charge in [0.2, 0.25) is 11.8 Å². The Hall–Kier alpha value is -1.27. The highest BCUT2D eigenvalue weighted by molar-refractivity contribution is 9.10. The summed E-state index contributed by atoms with van der Waals surface area (Å²) in [7, 11) is 0. The molecule has 1 fully saturated rings. The summed E-state index contributed by atoms with van der Waals surface area (Å²) in [5.74, 6) is -0.889. The maximum Gasteiger partial charge on any atom is 0.243 e. The summed E-state index contributed by atoms with van der Waals surface area (Å²) in [6.45, 7) is 2.50. The van der Waals surface area contributed by atoms with Gasteiger partial charge in [0.25, 0.3) is 0 Å². The van der Waals surface area contributed by atoms with E-state index in [0.29, 0.717) is 17.4 Å². The number of carbonyl (C=O) groups is 2. The number of nitrogens with zero attached hydrogens (tertiary/aromatic N) is 1. The molecule has 0 aromatic heterocycles. The molecule has 1 N–H and O–H groups in total. The number of piperazine rings is 1. The van der Waals surface area contributed by atoms with Crippen LogP contribution in [0.25, 0.3) is 0 Å². The van der Waals surface area contributed by atoms with E-state index in [9.17, 15) is 14.0 Å². The van der Waals surface area contributed by atoms with Crippen molar-refractivity contribution in [2.75, 3.05) is 6.54 Å². The third kappa shape index (κ3) is 3.19. The van der Waals surface area contributed by atoms with Crippen LogP contribution in [0.2, 0.25) is 0 Å². The summed E-state index contributed by atoms with van der Waals surface area (Å²) in [4.78, 5) is 25.0. The van der Waals surface area contributed by atoms with Crippen molar-refractivity contribution in [3.05, 3.63) is 34.1 Å². The van der Waals surface area contributed by atoms with Crippen LogP contribution in [0.1, 0.15) is 18.9 Å². The molecule has 1 aromatic rings. The first-order chi connectivity index (χ1) is 9.01. The molecule has 1 aliphatic rings. The molecule has 1 unspecified atom stereocenters. The average Bonchev–Trinajstić information content (AvgIpc) is 2.32. The summed E-state index contributed by atoms with van der Waals surface area (Å²) >= 11 is 3.29. The van der Waals surface area contributed by atoms with Gasteiger partial charge >= 0.3 is 0 Å². The van der Waals surface area contributed by atoms with Crippen LogP contribution < -0.4 is 5.32 Å². The third-order valence-electron chi connectivity index (χ3n) is 3.13. The molecule has 4 nitrogen and oxygen atoms in total. The van der Waals surface area contributed by atoms with E-state index in [1.165, 1.54) is 12.1 Å². The molecular formula is C13H14BrFN2O2. The van der Waals surface area contributed by atoms with E-state index in [-0.39, 0.29) is 30.2 Å². The van der Waals surface area contributed by atoms with Crippen LogP contribution in [0.3, 0.4) is 0 Å². The molecule has 0 bridgehead atoms.